The van der Waals surface area contributed by atoms with Crippen molar-refractivity contribution in [1.29, 1.82) is 0 Å². The predicted octanol–water partition coefficient (Wildman–Crippen LogP) is 1.30. The van der Waals surface area contributed by atoms with Crippen molar-refractivity contribution in [2.45, 2.75) is 69.9 Å². The number of nitrogens with zero attached hydrogens (tertiary/aromatic N) is 1. The molecule has 1 aromatic carbocycles. The van der Waals surface area contributed by atoms with E-state index in [4.69, 9.17) is 4.74 Å². The minimum atomic E-state index is -1.04. The van der Waals surface area contributed by atoms with Crippen molar-refractivity contribution >= 4 is 23.4 Å². The van der Waals surface area contributed by atoms with Gasteiger partial charge in [0.2, 0.25) is 17.7 Å². The van der Waals surface area contributed by atoms with Crippen LogP contribution < -0.4 is 10.6 Å². The largest absolute Gasteiger partial charge is 0.394 e. The van der Waals surface area contributed by atoms with Crippen molar-refractivity contribution in [3.05, 3.63) is 30.3 Å². The Balaban J connectivity index is 1.70. The first kappa shape index (κ1) is 21.8. The molecule has 3 aliphatic rings. The van der Waals surface area contributed by atoms with E-state index in [2.05, 4.69) is 10.6 Å². The van der Waals surface area contributed by atoms with Crippen LogP contribution in [0.1, 0.15) is 40.0 Å². The molecule has 8 nitrogen and oxygen atoms in total. The second-order valence-corrected chi connectivity index (χ2v) is 9.06. The zero-order chi connectivity index (χ0) is 22.3. The number of para-hydroxylation sites is 1. The molecular weight excluding hydrogens is 398 g/mol. The van der Waals surface area contributed by atoms with Crippen LogP contribution in [0.4, 0.5) is 5.69 Å². The zero-order valence-electron chi connectivity index (χ0n) is 18.2. The van der Waals surface area contributed by atoms with Crippen molar-refractivity contribution in [2.24, 2.45) is 11.8 Å². The first-order valence-corrected chi connectivity index (χ1v) is 11.1. The van der Waals surface area contributed by atoms with Gasteiger partial charge in [-0.1, -0.05) is 25.1 Å². The zero-order valence-corrected chi connectivity index (χ0v) is 18.2. The minimum absolute atomic E-state index is 0.107. The molecular formula is C23H31N3O5. The van der Waals surface area contributed by atoms with Gasteiger partial charge < -0.3 is 25.4 Å². The third-order valence-electron chi connectivity index (χ3n) is 6.84. The van der Waals surface area contributed by atoms with Crippen LogP contribution in [0.3, 0.4) is 0 Å². The first-order valence-electron chi connectivity index (χ1n) is 11.1. The molecule has 3 heterocycles. The number of carbonyl (C=O) groups is 3. The number of amides is 3. The van der Waals surface area contributed by atoms with E-state index >= 15 is 0 Å². The van der Waals surface area contributed by atoms with Gasteiger partial charge in [0.1, 0.15) is 11.6 Å². The van der Waals surface area contributed by atoms with Gasteiger partial charge in [-0.2, -0.15) is 0 Å². The molecule has 3 N–H and O–H groups in total. The number of likely N-dealkylation sites (tertiary alicyclic amines) is 1. The fourth-order valence-electron chi connectivity index (χ4n) is 5.61. The molecule has 3 amide bonds. The maximum Gasteiger partial charge on any atom is 0.246 e. The third-order valence-corrected chi connectivity index (χ3v) is 6.84. The molecule has 3 saturated heterocycles. The Morgan fingerprint density at radius 2 is 1.97 bits per heavy atom. The van der Waals surface area contributed by atoms with Gasteiger partial charge in [-0.15, -0.1) is 0 Å². The summed E-state index contributed by atoms with van der Waals surface area (Å²) in [5.74, 6) is -2.24. The van der Waals surface area contributed by atoms with E-state index < -0.39 is 35.6 Å². The second kappa shape index (κ2) is 8.24. The molecule has 1 aromatic rings. The number of aliphatic hydroxyl groups excluding tert-OH is 1. The summed E-state index contributed by atoms with van der Waals surface area (Å²) in [6.07, 6.45) is 1.26. The molecule has 3 fully saturated rings. The third kappa shape index (κ3) is 3.42. The normalized spacial score (nSPS) is 32.3. The molecule has 31 heavy (non-hydrogen) atoms. The van der Waals surface area contributed by atoms with Crippen LogP contribution in [-0.2, 0) is 19.1 Å². The van der Waals surface area contributed by atoms with Gasteiger partial charge in [0, 0.05) is 11.7 Å². The summed E-state index contributed by atoms with van der Waals surface area (Å²) in [6.45, 7) is 5.34. The minimum Gasteiger partial charge on any atom is -0.394 e. The van der Waals surface area contributed by atoms with Gasteiger partial charge in [-0.05, 0) is 45.2 Å². The van der Waals surface area contributed by atoms with Crippen LogP contribution >= 0.6 is 0 Å². The summed E-state index contributed by atoms with van der Waals surface area (Å²) in [6, 6.07) is 7.64. The number of hydrogen-bond donors (Lipinski definition) is 3. The van der Waals surface area contributed by atoms with Gasteiger partial charge >= 0.3 is 0 Å². The van der Waals surface area contributed by atoms with E-state index in [1.165, 1.54) is 4.90 Å². The molecule has 8 heteroatoms. The molecule has 3 aliphatic heterocycles. The van der Waals surface area contributed by atoms with Crippen LogP contribution in [-0.4, -0.2) is 64.2 Å². The van der Waals surface area contributed by atoms with E-state index in [-0.39, 0.29) is 30.4 Å². The lowest BCUT2D eigenvalue weighted by Gasteiger charge is -2.36. The van der Waals surface area contributed by atoms with Crippen LogP contribution in [0.25, 0.3) is 0 Å². The van der Waals surface area contributed by atoms with Crippen LogP contribution in [0.15, 0.2) is 30.3 Å². The molecule has 4 rings (SSSR count). The Morgan fingerprint density at radius 1 is 1.26 bits per heavy atom. The van der Waals surface area contributed by atoms with Gasteiger partial charge in [0.05, 0.1) is 30.6 Å². The van der Waals surface area contributed by atoms with E-state index in [9.17, 15) is 19.5 Å². The Hall–Kier alpha value is -2.45. The van der Waals surface area contributed by atoms with Crippen LogP contribution in [0.5, 0.6) is 0 Å². The van der Waals surface area contributed by atoms with E-state index in [0.29, 0.717) is 24.9 Å². The van der Waals surface area contributed by atoms with Crippen molar-refractivity contribution in [3.8, 4) is 0 Å². The molecule has 168 valence electrons. The van der Waals surface area contributed by atoms with Gasteiger partial charge in [-0.25, -0.2) is 0 Å². The average Bonchev–Trinajstić information content (AvgIpc) is 3.37. The van der Waals surface area contributed by atoms with Gasteiger partial charge in [-0.3, -0.25) is 14.4 Å². The Kier molecular flexibility index (Phi) is 5.79. The van der Waals surface area contributed by atoms with Crippen LogP contribution in [0, 0.1) is 11.8 Å². The average molecular weight is 430 g/mol. The fraction of sp³-hybridized carbons (Fsp3) is 0.609. The molecule has 0 aromatic heterocycles. The van der Waals surface area contributed by atoms with Gasteiger partial charge in [0.25, 0.3) is 0 Å². The number of carbonyl (C=O) groups excluding carboxylic acids is 3. The summed E-state index contributed by atoms with van der Waals surface area (Å²) >= 11 is 0. The standard InChI is InChI=1S/C23H31N3O5/c1-4-15(12-27)26-19(21(29)24-13(2)3)23-11-10-16(31-23)17(18(23)22(26)30)20(28)25-14-8-6-5-7-9-14/h5-9,13,15-19,27H,4,10-12H2,1-3H3,(H,24,29)(H,25,28)/t15-,16-,17+,18-,19?,23?/m0/s1. The summed E-state index contributed by atoms with van der Waals surface area (Å²) in [5.41, 5.74) is -0.385. The number of ether oxygens (including phenoxy) is 1. The van der Waals surface area contributed by atoms with Crippen molar-refractivity contribution in [1.82, 2.24) is 10.2 Å². The summed E-state index contributed by atoms with van der Waals surface area (Å²) in [5, 5.41) is 15.8. The molecule has 0 aliphatic carbocycles. The van der Waals surface area contributed by atoms with Gasteiger partial charge in [0.15, 0.2) is 0 Å². The molecule has 2 unspecified atom stereocenters. The predicted molar refractivity (Wildman–Crippen MR) is 114 cm³/mol. The Labute approximate surface area is 182 Å². The number of fused-ring (bicyclic) bond motifs is 1. The fourth-order valence-corrected chi connectivity index (χ4v) is 5.61. The number of hydrogen-bond acceptors (Lipinski definition) is 5. The lowest BCUT2D eigenvalue weighted by Crippen LogP contribution is -2.58. The molecule has 1 spiro atoms. The quantitative estimate of drug-likeness (QED) is 0.606. The highest BCUT2D eigenvalue weighted by Crippen LogP contribution is 2.59. The second-order valence-electron chi connectivity index (χ2n) is 9.06. The maximum atomic E-state index is 13.7. The Morgan fingerprint density at radius 3 is 2.58 bits per heavy atom. The monoisotopic (exact) mass is 429 g/mol. The van der Waals surface area contributed by atoms with Crippen LogP contribution in [0.2, 0.25) is 0 Å². The SMILES string of the molecule is CC[C@@H](CO)N1C(=O)[C@@H]2[C@H](C(=O)Nc3ccccc3)[C@@H]3CCC2(O3)C1C(=O)NC(C)C. The maximum absolute atomic E-state index is 13.7. The smallest absolute Gasteiger partial charge is 0.246 e. The highest BCUT2D eigenvalue weighted by molar-refractivity contribution is 6.02. The number of nitrogens with one attached hydrogen (secondary N) is 2. The van der Waals surface area contributed by atoms with E-state index in [1.54, 1.807) is 12.1 Å². The lowest BCUT2D eigenvalue weighted by molar-refractivity contribution is -0.145. The summed E-state index contributed by atoms with van der Waals surface area (Å²) in [4.78, 5) is 41.7. The van der Waals surface area contributed by atoms with Crippen molar-refractivity contribution in [3.63, 3.8) is 0 Å². The first-order chi connectivity index (χ1) is 14.8. The number of rotatable bonds is 7. The van der Waals surface area contributed by atoms with E-state index in [1.807, 2.05) is 39.0 Å². The Bertz CT molecular complexity index is 856. The molecule has 6 atom stereocenters. The number of anilines is 1. The molecule has 0 radical (unpaired) electrons. The summed E-state index contributed by atoms with van der Waals surface area (Å²) < 4.78 is 6.34. The topological polar surface area (TPSA) is 108 Å². The van der Waals surface area contributed by atoms with Crippen molar-refractivity contribution in [2.75, 3.05) is 11.9 Å². The van der Waals surface area contributed by atoms with E-state index in [0.717, 1.165) is 0 Å². The summed E-state index contributed by atoms with van der Waals surface area (Å²) in [7, 11) is 0. The number of benzene rings is 1. The number of aliphatic hydroxyl groups is 1. The highest BCUT2D eigenvalue weighted by atomic mass is 16.5. The highest BCUT2D eigenvalue weighted by Gasteiger charge is 2.75. The lowest BCUT2D eigenvalue weighted by atomic mass is 9.70. The molecule has 0 saturated carbocycles. The molecule has 2 bridgehead atoms. The van der Waals surface area contributed by atoms with Crippen molar-refractivity contribution < 1.29 is 24.2 Å².